The van der Waals surface area contributed by atoms with Crippen LogP contribution in [0.5, 0.6) is 0 Å². The molecule has 0 radical (unpaired) electrons. The SMILES string of the molecule is CC(=O)NCC(N)CN1CCN(CCCNc2cccc3c2C(=O)c2ccccc2C3=O)CC1. The van der Waals surface area contributed by atoms with Gasteiger partial charge >= 0.3 is 0 Å². The van der Waals surface area contributed by atoms with Crippen LogP contribution in [-0.4, -0.2) is 85.7 Å². The third kappa shape index (κ3) is 5.52. The number of fused-ring (bicyclic) bond motifs is 2. The quantitative estimate of drug-likeness (QED) is 0.411. The molecule has 0 aromatic heterocycles. The Kier molecular flexibility index (Phi) is 7.72. The highest BCUT2D eigenvalue weighted by Gasteiger charge is 2.31. The first kappa shape index (κ1) is 24.1. The van der Waals surface area contributed by atoms with Crippen LogP contribution < -0.4 is 16.4 Å². The van der Waals surface area contributed by atoms with Gasteiger partial charge in [-0.2, -0.15) is 0 Å². The zero-order chi connectivity index (χ0) is 24.1. The van der Waals surface area contributed by atoms with Gasteiger partial charge < -0.3 is 21.3 Å². The van der Waals surface area contributed by atoms with Crippen molar-refractivity contribution in [3.63, 3.8) is 0 Å². The van der Waals surface area contributed by atoms with Crippen LogP contribution >= 0.6 is 0 Å². The molecule has 1 aliphatic carbocycles. The number of carbonyl (C=O) groups excluding carboxylic acids is 3. The highest BCUT2D eigenvalue weighted by Crippen LogP contribution is 2.31. The lowest BCUT2D eigenvalue weighted by Crippen LogP contribution is -2.52. The largest absolute Gasteiger partial charge is 0.384 e. The summed E-state index contributed by atoms with van der Waals surface area (Å²) in [7, 11) is 0. The van der Waals surface area contributed by atoms with E-state index >= 15 is 0 Å². The van der Waals surface area contributed by atoms with Gasteiger partial charge in [-0.15, -0.1) is 0 Å². The summed E-state index contributed by atoms with van der Waals surface area (Å²) in [5.41, 5.74) is 8.75. The first-order valence-corrected chi connectivity index (χ1v) is 11.9. The number of carbonyl (C=O) groups is 3. The summed E-state index contributed by atoms with van der Waals surface area (Å²) in [5.74, 6) is -0.240. The lowest BCUT2D eigenvalue weighted by atomic mass is 9.83. The van der Waals surface area contributed by atoms with Gasteiger partial charge in [0.05, 0.1) is 5.56 Å². The van der Waals surface area contributed by atoms with Gasteiger partial charge in [-0.1, -0.05) is 36.4 Å². The van der Waals surface area contributed by atoms with E-state index in [1.165, 1.54) is 6.92 Å². The number of nitrogens with two attached hydrogens (primary N) is 1. The van der Waals surface area contributed by atoms with Crippen molar-refractivity contribution in [3.8, 4) is 0 Å². The molecule has 180 valence electrons. The fraction of sp³-hybridized carbons (Fsp3) is 0.423. The molecule has 4 rings (SSSR count). The maximum absolute atomic E-state index is 13.1. The average Bonchev–Trinajstić information content (AvgIpc) is 2.84. The fourth-order valence-corrected chi connectivity index (χ4v) is 4.68. The van der Waals surface area contributed by atoms with Gasteiger partial charge in [-0.3, -0.25) is 19.3 Å². The molecule has 1 amide bonds. The Morgan fingerprint density at radius 1 is 0.941 bits per heavy atom. The van der Waals surface area contributed by atoms with Gasteiger partial charge in [0.15, 0.2) is 11.6 Å². The van der Waals surface area contributed by atoms with Crippen LogP contribution in [0.2, 0.25) is 0 Å². The maximum atomic E-state index is 13.1. The molecule has 4 N–H and O–H groups in total. The molecule has 1 fully saturated rings. The minimum absolute atomic E-state index is 0.0503. The van der Waals surface area contributed by atoms with Gasteiger partial charge in [0.25, 0.3) is 0 Å². The number of ketones is 2. The molecule has 8 heteroatoms. The number of hydrogen-bond donors (Lipinski definition) is 3. The second-order valence-corrected chi connectivity index (χ2v) is 9.05. The Morgan fingerprint density at radius 3 is 2.29 bits per heavy atom. The summed E-state index contributed by atoms with van der Waals surface area (Å²) in [4.78, 5) is 41.8. The van der Waals surface area contributed by atoms with E-state index in [9.17, 15) is 14.4 Å². The molecule has 0 saturated carbocycles. The zero-order valence-corrected chi connectivity index (χ0v) is 19.7. The second kappa shape index (κ2) is 10.9. The Bertz CT molecular complexity index is 1060. The molecule has 2 aliphatic rings. The number of amides is 1. The van der Waals surface area contributed by atoms with Crippen LogP contribution in [0.25, 0.3) is 0 Å². The third-order valence-corrected chi connectivity index (χ3v) is 6.49. The summed E-state index contributed by atoms with van der Waals surface area (Å²) >= 11 is 0. The lowest BCUT2D eigenvalue weighted by molar-refractivity contribution is -0.119. The monoisotopic (exact) mass is 463 g/mol. The van der Waals surface area contributed by atoms with Crippen molar-refractivity contribution < 1.29 is 14.4 Å². The van der Waals surface area contributed by atoms with Crippen molar-refractivity contribution in [1.82, 2.24) is 15.1 Å². The number of benzene rings is 2. The number of hydrogen-bond acceptors (Lipinski definition) is 7. The summed E-state index contributed by atoms with van der Waals surface area (Å²) in [6.07, 6.45) is 0.935. The molecular weight excluding hydrogens is 430 g/mol. The summed E-state index contributed by atoms with van der Waals surface area (Å²) < 4.78 is 0. The standard InChI is InChI=1S/C26H33N5O3/c1-18(32)29-16-19(27)17-31-14-12-30(13-15-31)11-5-10-28-23-9-4-8-22-24(23)26(34)21-7-3-2-6-20(21)25(22)33/h2-4,6-9,19,28H,5,10-17,27H2,1H3,(H,29,32). The number of nitrogens with one attached hydrogen (secondary N) is 2. The van der Waals surface area contributed by atoms with Gasteiger partial charge in [0.2, 0.25) is 5.91 Å². The zero-order valence-electron chi connectivity index (χ0n) is 19.7. The molecule has 1 atom stereocenters. The van der Waals surface area contributed by atoms with Crippen molar-refractivity contribution in [2.75, 3.05) is 57.7 Å². The first-order valence-electron chi connectivity index (χ1n) is 11.9. The smallest absolute Gasteiger partial charge is 0.216 e. The number of anilines is 1. The van der Waals surface area contributed by atoms with Crippen LogP contribution in [0.3, 0.4) is 0 Å². The minimum Gasteiger partial charge on any atom is -0.384 e. The Balaban J connectivity index is 1.24. The van der Waals surface area contributed by atoms with Crippen LogP contribution in [0.1, 0.15) is 45.2 Å². The highest BCUT2D eigenvalue weighted by atomic mass is 16.1. The van der Waals surface area contributed by atoms with E-state index in [-0.39, 0.29) is 23.5 Å². The van der Waals surface area contributed by atoms with E-state index in [4.69, 9.17) is 5.73 Å². The molecule has 1 heterocycles. The molecule has 1 aliphatic heterocycles. The van der Waals surface area contributed by atoms with Crippen molar-refractivity contribution in [2.24, 2.45) is 5.73 Å². The van der Waals surface area contributed by atoms with Crippen LogP contribution in [-0.2, 0) is 4.79 Å². The molecule has 0 spiro atoms. The Labute approximate surface area is 200 Å². The van der Waals surface area contributed by atoms with E-state index in [2.05, 4.69) is 20.4 Å². The molecule has 1 unspecified atom stereocenters. The van der Waals surface area contributed by atoms with E-state index < -0.39 is 0 Å². The van der Waals surface area contributed by atoms with E-state index in [1.54, 1.807) is 30.3 Å². The van der Waals surface area contributed by atoms with Gasteiger partial charge in [0, 0.05) is 81.2 Å². The average molecular weight is 464 g/mol. The van der Waals surface area contributed by atoms with Gasteiger partial charge in [-0.05, 0) is 19.0 Å². The first-order chi connectivity index (χ1) is 16.4. The van der Waals surface area contributed by atoms with E-state index in [0.717, 1.165) is 57.9 Å². The highest BCUT2D eigenvalue weighted by molar-refractivity contribution is 6.30. The topological polar surface area (TPSA) is 108 Å². The fourth-order valence-electron chi connectivity index (χ4n) is 4.68. The number of piperazine rings is 1. The molecule has 2 aromatic rings. The summed E-state index contributed by atoms with van der Waals surface area (Å²) in [5, 5.41) is 6.16. The molecule has 8 nitrogen and oxygen atoms in total. The van der Waals surface area contributed by atoms with Gasteiger partial charge in [-0.25, -0.2) is 0 Å². The van der Waals surface area contributed by atoms with Crippen LogP contribution in [0.4, 0.5) is 5.69 Å². The number of nitrogens with zero attached hydrogens (tertiary/aromatic N) is 2. The predicted octanol–water partition coefficient (Wildman–Crippen LogP) is 1.35. The van der Waals surface area contributed by atoms with Crippen molar-refractivity contribution in [1.29, 1.82) is 0 Å². The Hall–Kier alpha value is -3.07. The minimum atomic E-state index is -0.0962. The maximum Gasteiger partial charge on any atom is 0.216 e. The van der Waals surface area contributed by atoms with Crippen molar-refractivity contribution in [2.45, 2.75) is 19.4 Å². The van der Waals surface area contributed by atoms with E-state index in [1.807, 2.05) is 12.1 Å². The predicted molar refractivity (Wildman–Crippen MR) is 132 cm³/mol. The summed E-state index contributed by atoms with van der Waals surface area (Å²) in [6, 6.07) is 12.4. The molecular formula is C26H33N5O3. The molecule has 1 saturated heterocycles. The Morgan fingerprint density at radius 2 is 1.59 bits per heavy atom. The number of rotatable bonds is 9. The van der Waals surface area contributed by atoms with Crippen molar-refractivity contribution in [3.05, 3.63) is 64.7 Å². The van der Waals surface area contributed by atoms with Gasteiger partial charge in [0.1, 0.15) is 0 Å². The third-order valence-electron chi connectivity index (χ3n) is 6.49. The van der Waals surface area contributed by atoms with Crippen LogP contribution in [0.15, 0.2) is 42.5 Å². The van der Waals surface area contributed by atoms with E-state index in [0.29, 0.717) is 28.8 Å². The second-order valence-electron chi connectivity index (χ2n) is 9.05. The molecule has 34 heavy (non-hydrogen) atoms. The summed E-state index contributed by atoms with van der Waals surface area (Å²) in [6.45, 7) is 8.37. The normalized spacial score (nSPS) is 17.1. The molecule has 2 aromatic carbocycles. The van der Waals surface area contributed by atoms with Crippen molar-refractivity contribution >= 4 is 23.2 Å². The van der Waals surface area contributed by atoms with Crippen LogP contribution in [0, 0.1) is 0 Å². The lowest BCUT2D eigenvalue weighted by Gasteiger charge is -2.35. The molecule has 0 bridgehead atoms.